The summed E-state index contributed by atoms with van der Waals surface area (Å²) < 4.78 is 49.2. The SMILES string of the molecule is Cc1c(C2CCN(S(=O)(=O)c3ccc4c(c3)CCO4)CC2)cn2ncnc2c1F. The highest BCUT2D eigenvalue weighted by Crippen LogP contribution is 2.35. The Labute approximate surface area is 168 Å². The van der Waals surface area contributed by atoms with E-state index in [0.717, 1.165) is 23.3 Å². The molecule has 5 rings (SSSR count). The van der Waals surface area contributed by atoms with E-state index in [2.05, 4.69) is 10.1 Å². The van der Waals surface area contributed by atoms with Gasteiger partial charge in [0.05, 0.1) is 11.5 Å². The van der Waals surface area contributed by atoms with Crippen LogP contribution < -0.4 is 4.74 Å². The fraction of sp³-hybridized carbons (Fsp3) is 0.400. The lowest BCUT2D eigenvalue weighted by atomic mass is 9.88. The van der Waals surface area contributed by atoms with Gasteiger partial charge in [-0.05, 0) is 60.6 Å². The first-order valence-electron chi connectivity index (χ1n) is 9.69. The van der Waals surface area contributed by atoms with Crippen LogP contribution in [0.3, 0.4) is 0 Å². The number of piperidine rings is 1. The third-order valence-corrected chi connectivity index (χ3v) is 7.88. The van der Waals surface area contributed by atoms with Crippen LogP contribution in [0.2, 0.25) is 0 Å². The van der Waals surface area contributed by atoms with Crippen molar-refractivity contribution in [3.63, 3.8) is 0 Å². The molecular formula is C20H21FN4O3S. The topological polar surface area (TPSA) is 76.8 Å². The maximum atomic E-state index is 14.6. The zero-order valence-corrected chi connectivity index (χ0v) is 16.8. The van der Waals surface area contributed by atoms with E-state index in [0.29, 0.717) is 43.0 Å². The van der Waals surface area contributed by atoms with E-state index < -0.39 is 10.0 Å². The Bertz CT molecular complexity index is 1200. The van der Waals surface area contributed by atoms with E-state index >= 15 is 0 Å². The summed E-state index contributed by atoms with van der Waals surface area (Å²) in [6.45, 7) is 3.14. The average molecular weight is 416 g/mol. The minimum absolute atomic E-state index is 0.0815. The summed E-state index contributed by atoms with van der Waals surface area (Å²) in [5.41, 5.74) is 2.58. The zero-order chi connectivity index (χ0) is 20.2. The summed E-state index contributed by atoms with van der Waals surface area (Å²) in [7, 11) is -3.56. The average Bonchev–Trinajstić information content (AvgIpc) is 3.39. The monoisotopic (exact) mass is 416 g/mol. The number of pyridine rings is 1. The van der Waals surface area contributed by atoms with Gasteiger partial charge in [0.2, 0.25) is 10.0 Å². The molecule has 3 aromatic rings. The molecule has 0 unspecified atom stereocenters. The minimum Gasteiger partial charge on any atom is -0.493 e. The number of hydrogen-bond donors (Lipinski definition) is 0. The number of sulfonamides is 1. The van der Waals surface area contributed by atoms with Gasteiger partial charge < -0.3 is 4.74 Å². The van der Waals surface area contributed by atoms with E-state index in [1.54, 1.807) is 25.1 Å². The molecule has 7 nitrogen and oxygen atoms in total. The Morgan fingerprint density at radius 1 is 1.24 bits per heavy atom. The molecule has 152 valence electrons. The molecule has 0 bridgehead atoms. The lowest BCUT2D eigenvalue weighted by Gasteiger charge is -2.32. The zero-order valence-electron chi connectivity index (χ0n) is 16.0. The van der Waals surface area contributed by atoms with Crippen molar-refractivity contribution in [1.29, 1.82) is 0 Å². The Balaban J connectivity index is 1.37. The van der Waals surface area contributed by atoms with Crippen LogP contribution in [0.5, 0.6) is 5.75 Å². The summed E-state index contributed by atoms with van der Waals surface area (Å²) >= 11 is 0. The second-order valence-corrected chi connectivity index (χ2v) is 9.54. The third kappa shape index (κ3) is 3.00. The standard InChI is InChI=1S/C20H21FN4O3S/c1-13-17(11-25-20(19(13)21)22-12-23-25)14-4-7-24(8-5-14)29(26,27)16-2-3-18-15(10-16)6-9-28-18/h2-3,10-12,14H,4-9H2,1H3. The van der Waals surface area contributed by atoms with E-state index in [9.17, 15) is 12.8 Å². The van der Waals surface area contributed by atoms with Crippen LogP contribution in [0.1, 0.15) is 35.4 Å². The lowest BCUT2D eigenvalue weighted by Crippen LogP contribution is -2.38. The van der Waals surface area contributed by atoms with Crippen molar-refractivity contribution in [3.8, 4) is 5.75 Å². The fourth-order valence-electron chi connectivity index (χ4n) is 4.32. The second kappa shape index (κ2) is 6.77. The van der Waals surface area contributed by atoms with Crippen LogP contribution in [0.4, 0.5) is 4.39 Å². The number of nitrogens with zero attached hydrogens (tertiary/aromatic N) is 4. The van der Waals surface area contributed by atoms with Crippen molar-refractivity contribution in [2.24, 2.45) is 0 Å². The molecule has 2 aromatic heterocycles. The van der Waals surface area contributed by atoms with Gasteiger partial charge in [0, 0.05) is 25.7 Å². The Morgan fingerprint density at radius 2 is 2.03 bits per heavy atom. The van der Waals surface area contributed by atoms with Crippen molar-refractivity contribution in [1.82, 2.24) is 18.9 Å². The molecule has 0 aliphatic carbocycles. The van der Waals surface area contributed by atoms with Gasteiger partial charge in [-0.25, -0.2) is 22.3 Å². The van der Waals surface area contributed by atoms with Gasteiger partial charge in [-0.3, -0.25) is 0 Å². The van der Waals surface area contributed by atoms with Crippen molar-refractivity contribution < 1.29 is 17.5 Å². The first-order chi connectivity index (χ1) is 13.9. The molecule has 0 saturated carbocycles. The van der Waals surface area contributed by atoms with Gasteiger partial charge in [-0.15, -0.1) is 0 Å². The molecule has 9 heteroatoms. The number of aromatic nitrogens is 3. The summed E-state index contributed by atoms with van der Waals surface area (Å²) in [5.74, 6) is 0.483. The largest absolute Gasteiger partial charge is 0.493 e. The Kier molecular flexibility index (Phi) is 4.32. The predicted octanol–water partition coefficient (Wildman–Crippen LogP) is 2.68. The van der Waals surface area contributed by atoms with Crippen molar-refractivity contribution in [2.45, 2.75) is 37.0 Å². The third-order valence-electron chi connectivity index (χ3n) is 5.99. The van der Waals surface area contributed by atoms with Crippen LogP contribution >= 0.6 is 0 Å². The van der Waals surface area contributed by atoms with Crippen LogP contribution in [0, 0.1) is 12.7 Å². The quantitative estimate of drug-likeness (QED) is 0.656. The number of fused-ring (bicyclic) bond motifs is 2. The molecule has 1 saturated heterocycles. The lowest BCUT2D eigenvalue weighted by molar-refractivity contribution is 0.318. The van der Waals surface area contributed by atoms with Crippen LogP contribution in [-0.2, 0) is 16.4 Å². The van der Waals surface area contributed by atoms with Crippen LogP contribution in [-0.4, -0.2) is 47.0 Å². The van der Waals surface area contributed by atoms with E-state index in [1.807, 2.05) is 6.20 Å². The highest BCUT2D eigenvalue weighted by Gasteiger charge is 2.32. The van der Waals surface area contributed by atoms with E-state index in [1.165, 1.54) is 15.1 Å². The van der Waals surface area contributed by atoms with Crippen molar-refractivity contribution in [2.75, 3.05) is 19.7 Å². The Hall–Kier alpha value is -2.52. The Morgan fingerprint density at radius 3 is 2.83 bits per heavy atom. The second-order valence-electron chi connectivity index (χ2n) is 7.60. The van der Waals surface area contributed by atoms with Crippen molar-refractivity contribution >= 4 is 15.7 Å². The number of halogens is 1. The smallest absolute Gasteiger partial charge is 0.243 e. The number of hydrogen-bond acceptors (Lipinski definition) is 5. The molecule has 2 aliphatic heterocycles. The maximum absolute atomic E-state index is 14.6. The van der Waals surface area contributed by atoms with Gasteiger partial charge in [0.15, 0.2) is 11.5 Å². The summed E-state index contributed by atoms with van der Waals surface area (Å²) in [6, 6.07) is 5.08. The minimum atomic E-state index is -3.56. The first kappa shape index (κ1) is 18.5. The van der Waals surface area contributed by atoms with Gasteiger partial charge in [-0.2, -0.15) is 9.40 Å². The molecular weight excluding hydrogens is 395 g/mol. The molecule has 0 amide bonds. The molecule has 4 heterocycles. The first-order valence-corrected chi connectivity index (χ1v) is 11.1. The van der Waals surface area contributed by atoms with Gasteiger partial charge >= 0.3 is 0 Å². The molecule has 0 N–H and O–H groups in total. The fourth-order valence-corrected chi connectivity index (χ4v) is 5.84. The normalized spacial score (nSPS) is 18.1. The summed E-state index contributed by atoms with van der Waals surface area (Å²) in [5, 5.41) is 4.05. The van der Waals surface area contributed by atoms with Gasteiger partial charge in [0.1, 0.15) is 12.1 Å². The van der Waals surface area contributed by atoms with E-state index in [4.69, 9.17) is 4.74 Å². The van der Waals surface area contributed by atoms with E-state index in [-0.39, 0.29) is 17.4 Å². The van der Waals surface area contributed by atoms with Crippen molar-refractivity contribution in [3.05, 3.63) is 53.2 Å². The number of rotatable bonds is 3. The highest BCUT2D eigenvalue weighted by atomic mass is 32.2. The molecule has 0 atom stereocenters. The molecule has 0 radical (unpaired) electrons. The number of benzene rings is 1. The van der Waals surface area contributed by atoms with Gasteiger partial charge in [0.25, 0.3) is 0 Å². The molecule has 0 spiro atoms. The predicted molar refractivity (Wildman–Crippen MR) is 104 cm³/mol. The van der Waals surface area contributed by atoms with Crippen LogP contribution in [0.15, 0.2) is 35.6 Å². The molecule has 29 heavy (non-hydrogen) atoms. The summed E-state index contributed by atoms with van der Waals surface area (Å²) in [6.07, 6.45) is 5.15. The maximum Gasteiger partial charge on any atom is 0.243 e. The van der Waals surface area contributed by atoms with Crippen LogP contribution in [0.25, 0.3) is 5.65 Å². The molecule has 1 fully saturated rings. The molecule has 2 aliphatic rings. The van der Waals surface area contributed by atoms with Gasteiger partial charge in [-0.1, -0.05) is 0 Å². The number of ether oxygens (including phenoxy) is 1. The highest BCUT2D eigenvalue weighted by molar-refractivity contribution is 7.89. The summed E-state index contributed by atoms with van der Waals surface area (Å²) in [4.78, 5) is 4.26. The molecule has 1 aromatic carbocycles.